The molecule has 0 aromatic carbocycles. The zero-order valence-corrected chi connectivity index (χ0v) is 4.90. The molecule has 1 atom stereocenters. The average Bonchev–Trinajstić information content (AvgIpc) is 1.82. The van der Waals surface area contributed by atoms with Crippen molar-refractivity contribution in [3.8, 4) is 0 Å². The second-order valence-electron chi connectivity index (χ2n) is 2.61. The van der Waals surface area contributed by atoms with Gasteiger partial charge < -0.3 is 11.1 Å². The second kappa shape index (κ2) is 1.45. The largest absolute Gasteiger partial charge is 0.354 e. The molecule has 1 aliphatic rings. The number of hydrogen-bond acceptors (Lipinski definition) is 2. The molecule has 3 N–H and O–H groups in total. The highest BCUT2D eigenvalue weighted by molar-refractivity contribution is 5.79. The minimum absolute atomic E-state index is 0.0648. The molecule has 0 bridgehead atoms. The van der Waals surface area contributed by atoms with Gasteiger partial charge in [-0.2, -0.15) is 0 Å². The SMILES string of the molecule is CC1(N)CNC(=O)C1. The second-order valence-corrected chi connectivity index (χ2v) is 2.61. The summed E-state index contributed by atoms with van der Waals surface area (Å²) in [6.45, 7) is 2.48. The molecular formula is C5H10N2O. The monoisotopic (exact) mass is 114 g/mol. The standard InChI is InChI=1S/C5H10N2O/c1-5(6)2-4(8)7-3-5/h2-3,6H2,1H3,(H,7,8). The van der Waals surface area contributed by atoms with Crippen LogP contribution in [0.15, 0.2) is 0 Å². The van der Waals surface area contributed by atoms with Gasteiger partial charge in [0.1, 0.15) is 0 Å². The Labute approximate surface area is 48.2 Å². The van der Waals surface area contributed by atoms with Crippen LogP contribution < -0.4 is 11.1 Å². The van der Waals surface area contributed by atoms with E-state index in [9.17, 15) is 4.79 Å². The first kappa shape index (κ1) is 5.56. The van der Waals surface area contributed by atoms with Gasteiger partial charge in [0.25, 0.3) is 0 Å². The molecule has 0 aromatic rings. The third-order valence-corrected chi connectivity index (χ3v) is 1.25. The molecule has 1 saturated heterocycles. The van der Waals surface area contributed by atoms with Crippen molar-refractivity contribution in [3.05, 3.63) is 0 Å². The number of nitrogens with one attached hydrogen (secondary N) is 1. The summed E-state index contributed by atoms with van der Waals surface area (Å²) in [5.74, 6) is 0.0648. The number of hydrogen-bond donors (Lipinski definition) is 2. The van der Waals surface area contributed by atoms with Crippen molar-refractivity contribution in [3.63, 3.8) is 0 Å². The molecule has 0 radical (unpaired) electrons. The molecule has 1 fully saturated rings. The minimum Gasteiger partial charge on any atom is -0.354 e. The Bertz CT molecular complexity index is 120. The van der Waals surface area contributed by atoms with Gasteiger partial charge in [0.15, 0.2) is 0 Å². The normalized spacial score (nSPS) is 37.5. The van der Waals surface area contributed by atoms with Crippen LogP contribution >= 0.6 is 0 Å². The van der Waals surface area contributed by atoms with Gasteiger partial charge in [-0.15, -0.1) is 0 Å². The highest BCUT2D eigenvalue weighted by atomic mass is 16.1. The van der Waals surface area contributed by atoms with Crippen LogP contribution in [0.2, 0.25) is 0 Å². The van der Waals surface area contributed by atoms with Gasteiger partial charge >= 0.3 is 0 Å². The van der Waals surface area contributed by atoms with Gasteiger partial charge in [-0.3, -0.25) is 4.79 Å². The highest BCUT2D eigenvalue weighted by Gasteiger charge is 2.28. The number of nitrogens with two attached hydrogens (primary N) is 1. The molecule has 1 unspecified atom stereocenters. The third-order valence-electron chi connectivity index (χ3n) is 1.25. The van der Waals surface area contributed by atoms with Gasteiger partial charge in [0.05, 0.1) is 0 Å². The first-order valence-electron chi connectivity index (χ1n) is 2.66. The number of amides is 1. The van der Waals surface area contributed by atoms with Crippen LogP contribution in [0, 0.1) is 0 Å². The molecule has 0 aliphatic carbocycles. The van der Waals surface area contributed by atoms with Crippen molar-refractivity contribution in [2.24, 2.45) is 5.73 Å². The van der Waals surface area contributed by atoms with Crippen LogP contribution in [0.1, 0.15) is 13.3 Å². The minimum atomic E-state index is -0.295. The quantitative estimate of drug-likeness (QED) is 0.434. The van der Waals surface area contributed by atoms with Crippen LogP contribution in [0.5, 0.6) is 0 Å². The van der Waals surface area contributed by atoms with Crippen molar-refractivity contribution >= 4 is 5.91 Å². The highest BCUT2D eigenvalue weighted by Crippen LogP contribution is 2.08. The zero-order valence-electron chi connectivity index (χ0n) is 4.90. The summed E-state index contributed by atoms with van der Waals surface area (Å²) in [5, 5.41) is 2.65. The van der Waals surface area contributed by atoms with Gasteiger partial charge in [0, 0.05) is 18.5 Å². The lowest BCUT2D eigenvalue weighted by Gasteiger charge is -2.11. The molecule has 46 valence electrons. The zero-order chi connectivity index (χ0) is 6.20. The molecule has 1 heterocycles. The molecule has 1 rings (SSSR count). The molecule has 1 amide bonds. The van der Waals surface area contributed by atoms with E-state index in [1.165, 1.54) is 0 Å². The molecule has 3 heteroatoms. The molecular weight excluding hydrogens is 104 g/mol. The average molecular weight is 114 g/mol. The van der Waals surface area contributed by atoms with Crippen LogP contribution in [0.4, 0.5) is 0 Å². The lowest BCUT2D eigenvalue weighted by atomic mass is 10.0. The van der Waals surface area contributed by atoms with Crippen LogP contribution in [0.25, 0.3) is 0 Å². The molecule has 0 aromatic heterocycles. The van der Waals surface area contributed by atoms with E-state index in [0.717, 1.165) is 0 Å². The summed E-state index contributed by atoms with van der Waals surface area (Å²) in [6.07, 6.45) is 0.465. The van der Waals surface area contributed by atoms with Crippen molar-refractivity contribution in [1.29, 1.82) is 0 Å². The fourth-order valence-electron chi connectivity index (χ4n) is 0.792. The summed E-state index contributed by atoms with van der Waals surface area (Å²) in [4.78, 5) is 10.5. The first-order valence-corrected chi connectivity index (χ1v) is 2.66. The number of carbonyl (C=O) groups excluding carboxylic acids is 1. The molecule has 8 heavy (non-hydrogen) atoms. The van der Waals surface area contributed by atoms with Gasteiger partial charge in [-0.05, 0) is 6.92 Å². The van der Waals surface area contributed by atoms with Crippen LogP contribution in [-0.4, -0.2) is 18.0 Å². The van der Waals surface area contributed by atoms with Crippen molar-refractivity contribution in [2.75, 3.05) is 6.54 Å². The summed E-state index contributed by atoms with van der Waals surface area (Å²) in [5.41, 5.74) is 5.29. The Hall–Kier alpha value is -0.570. The van der Waals surface area contributed by atoms with Gasteiger partial charge in [0.2, 0.25) is 5.91 Å². The summed E-state index contributed by atoms with van der Waals surface area (Å²) in [7, 11) is 0. The summed E-state index contributed by atoms with van der Waals surface area (Å²) >= 11 is 0. The third kappa shape index (κ3) is 0.980. The molecule has 0 saturated carbocycles. The molecule has 1 aliphatic heterocycles. The Balaban J connectivity index is 2.56. The molecule has 0 spiro atoms. The number of carbonyl (C=O) groups is 1. The maximum atomic E-state index is 10.5. The summed E-state index contributed by atoms with van der Waals surface area (Å²) in [6, 6.07) is 0. The molecule has 3 nitrogen and oxygen atoms in total. The number of rotatable bonds is 0. The Morgan fingerprint density at radius 1 is 1.88 bits per heavy atom. The van der Waals surface area contributed by atoms with E-state index in [2.05, 4.69) is 5.32 Å². The van der Waals surface area contributed by atoms with E-state index in [1.807, 2.05) is 6.92 Å². The van der Waals surface area contributed by atoms with Gasteiger partial charge in [-0.1, -0.05) is 0 Å². The predicted molar refractivity (Wildman–Crippen MR) is 30.2 cm³/mol. The smallest absolute Gasteiger partial charge is 0.221 e. The van der Waals surface area contributed by atoms with Crippen LogP contribution in [-0.2, 0) is 4.79 Å². The Kier molecular flexibility index (Phi) is 1.01. The lowest BCUT2D eigenvalue weighted by Crippen LogP contribution is -2.37. The van der Waals surface area contributed by atoms with Crippen molar-refractivity contribution < 1.29 is 4.79 Å². The van der Waals surface area contributed by atoms with E-state index < -0.39 is 0 Å². The van der Waals surface area contributed by atoms with E-state index in [4.69, 9.17) is 5.73 Å². The van der Waals surface area contributed by atoms with E-state index in [-0.39, 0.29) is 11.4 Å². The predicted octanol–water partition coefficient (Wildman–Crippen LogP) is -0.776. The fraction of sp³-hybridized carbons (Fsp3) is 0.800. The van der Waals surface area contributed by atoms with E-state index in [0.29, 0.717) is 13.0 Å². The van der Waals surface area contributed by atoms with Crippen molar-refractivity contribution in [2.45, 2.75) is 18.9 Å². The fourth-order valence-corrected chi connectivity index (χ4v) is 0.792. The Morgan fingerprint density at radius 3 is 2.62 bits per heavy atom. The van der Waals surface area contributed by atoms with E-state index >= 15 is 0 Å². The first-order chi connectivity index (χ1) is 3.60. The van der Waals surface area contributed by atoms with E-state index in [1.54, 1.807) is 0 Å². The Morgan fingerprint density at radius 2 is 2.50 bits per heavy atom. The topological polar surface area (TPSA) is 55.1 Å². The lowest BCUT2D eigenvalue weighted by molar-refractivity contribution is -0.119. The summed E-state index contributed by atoms with van der Waals surface area (Å²) < 4.78 is 0. The maximum absolute atomic E-state index is 10.5. The van der Waals surface area contributed by atoms with Gasteiger partial charge in [-0.25, -0.2) is 0 Å². The van der Waals surface area contributed by atoms with Crippen molar-refractivity contribution in [1.82, 2.24) is 5.32 Å². The van der Waals surface area contributed by atoms with Crippen LogP contribution in [0.3, 0.4) is 0 Å². The maximum Gasteiger partial charge on any atom is 0.221 e.